The van der Waals surface area contributed by atoms with E-state index in [4.69, 9.17) is 4.74 Å². The molecule has 3 heterocycles. The Morgan fingerprint density at radius 2 is 1.77 bits per heavy atom. The van der Waals surface area contributed by atoms with Gasteiger partial charge in [-0.2, -0.15) is 4.98 Å². The zero-order valence-electron chi connectivity index (χ0n) is 17.5. The highest BCUT2D eigenvalue weighted by Gasteiger charge is 2.14. The van der Waals surface area contributed by atoms with E-state index in [2.05, 4.69) is 49.1 Å². The van der Waals surface area contributed by atoms with Crippen molar-refractivity contribution < 1.29 is 4.74 Å². The first kappa shape index (κ1) is 19.4. The number of benzene rings is 2. The molecule has 0 amide bonds. The van der Waals surface area contributed by atoms with Crippen LogP contribution >= 0.6 is 0 Å². The van der Waals surface area contributed by atoms with E-state index in [9.17, 15) is 0 Å². The lowest BCUT2D eigenvalue weighted by Gasteiger charge is -2.23. The van der Waals surface area contributed by atoms with E-state index in [-0.39, 0.29) is 0 Å². The zero-order chi connectivity index (χ0) is 21.0. The molecule has 5 rings (SSSR count). The number of anilines is 4. The molecule has 0 unspecified atom stereocenters. The summed E-state index contributed by atoms with van der Waals surface area (Å²) in [5, 5.41) is 11.2. The number of nitrogens with zero attached hydrogens (tertiary/aromatic N) is 2. The van der Waals surface area contributed by atoms with Crippen molar-refractivity contribution in [3.05, 3.63) is 66.5 Å². The molecule has 2 aromatic carbocycles. The molecule has 0 saturated carbocycles. The Morgan fingerprint density at radius 3 is 2.61 bits per heavy atom. The molecule has 158 valence electrons. The lowest BCUT2D eigenvalue weighted by atomic mass is 10.1. The van der Waals surface area contributed by atoms with E-state index in [1.54, 1.807) is 0 Å². The van der Waals surface area contributed by atoms with Crippen molar-refractivity contribution in [3.63, 3.8) is 0 Å². The average Bonchev–Trinajstić information content (AvgIpc) is 3.26. The number of fused-ring (bicyclic) bond motifs is 1. The van der Waals surface area contributed by atoms with Crippen LogP contribution < -0.4 is 20.7 Å². The van der Waals surface area contributed by atoms with Crippen LogP contribution in [-0.4, -0.2) is 34.1 Å². The molecule has 0 aliphatic carbocycles. The molecule has 7 heteroatoms. The third-order valence-electron chi connectivity index (χ3n) is 5.49. The first-order chi connectivity index (χ1) is 15.2. The molecule has 1 fully saturated rings. The summed E-state index contributed by atoms with van der Waals surface area (Å²) in [7, 11) is 0. The van der Waals surface area contributed by atoms with Gasteiger partial charge in [-0.3, -0.25) is 0 Å². The minimum atomic E-state index is 0.291. The number of hydrogen-bond acceptors (Lipinski definition) is 6. The van der Waals surface area contributed by atoms with Crippen LogP contribution in [0.15, 0.2) is 60.9 Å². The quantitative estimate of drug-likeness (QED) is 0.360. The third-order valence-corrected chi connectivity index (χ3v) is 5.49. The van der Waals surface area contributed by atoms with Gasteiger partial charge in [-0.05, 0) is 81.4 Å². The van der Waals surface area contributed by atoms with Crippen molar-refractivity contribution in [2.75, 3.05) is 23.7 Å². The first-order valence-electron chi connectivity index (χ1n) is 10.7. The number of ether oxygens (including phenoxy) is 1. The Bertz CT molecular complexity index is 1160. The molecule has 0 radical (unpaired) electrons. The highest BCUT2D eigenvalue weighted by molar-refractivity contribution is 5.84. The van der Waals surface area contributed by atoms with Crippen LogP contribution in [0.5, 0.6) is 5.75 Å². The van der Waals surface area contributed by atoms with Gasteiger partial charge in [0.25, 0.3) is 0 Å². The number of aryl methyl sites for hydroxylation is 1. The fourth-order valence-electron chi connectivity index (χ4n) is 3.75. The van der Waals surface area contributed by atoms with E-state index < -0.39 is 0 Å². The highest BCUT2D eigenvalue weighted by Crippen LogP contribution is 2.25. The fourth-order valence-corrected chi connectivity index (χ4v) is 3.75. The van der Waals surface area contributed by atoms with Crippen LogP contribution in [0.2, 0.25) is 0 Å². The number of rotatable bonds is 6. The lowest BCUT2D eigenvalue weighted by molar-refractivity contribution is 0.162. The Kier molecular flexibility index (Phi) is 5.41. The predicted octanol–water partition coefficient (Wildman–Crippen LogP) is 4.88. The average molecular weight is 415 g/mol. The van der Waals surface area contributed by atoms with E-state index in [1.807, 2.05) is 49.6 Å². The molecule has 4 N–H and O–H groups in total. The minimum absolute atomic E-state index is 0.291. The van der Waals surface area contributed by atoms with Crippen molar-refractivity contribution >= 4 is 34.0 Å². The van der Waals surface area contributed by atoms with Crippen LogP contribution in [0.4, 0.5) is 23.1 Å². The number of piperidine rings is 1. The highest BCUT2D eigenvalue weighted by atomic mass is 16.5. The molecule has 0 spiro atoms. The molecule has 0 bridgehead atoms. The van der Waals surface area contributed by atoms with Crippen LogP contribution in [0.3, 0.4) is 0 Å². The summed E-state index contributed by atoms with van der Waals surface area (Å²) in [5.41, 5.74) is 3.99. The van der Waals surface area contributed by atoms with E-state index >= 15 is 0 Å². The molecular weight excluding hydrogens is 388 g/mol. The molecule has 7 nitrogen and oxygen atoms in total. The molecule has 1 aliphatic heterocycles. The van der Waals surface area contributed by atoms with Crippen LogP contribution in [0.1, 0.15) is 18.4 Å². The Morgan fingerprint density at radius 1 is 0.968 bits per heavy atom. The second-order valence-corrected chi connectivity index (χ2v) is 7.85. The van der Waals surface area contributed by atoms with Gasteiger partial charge >= 0.3 is 0 Å². The summed E-state index contributed by atoms with van der Waals surface area (Å²) in [6.45, 7) is 4.03. The topological polar surface area (TPSA) is 86.9 Å². The maximum Gasteiger partial charge on any atom is 0.229 e. The second kappa shape index (κ2) is 8.65. The van der Waals surface area contributed by atoms with Crippen LogP contribution in [0, 0.1) is 6.92 Å². The van der Waals surface area contributed by atoms with Gasteiger partial charge in [-0.25, -0.2) is 4.98 Å². The van der Waals surface area contributed by atoms with Gasteiger partial charge in [0, 0.05) is 40.2 Å². The molecule has 31 heavy (non-hydrogen) atoms. The number of aromatic amines is 1. The summed E-state index contributed by atoms with van der Waals surface area (Å²) >= 11 is 0. The summed E-state index contributed by atoms with van der Waals surface area (Å²) in [6, 6.07) is 16.2. The van der Waals surface area contributed by atoms with Crippen molar-refractivity contribution in [2.45, 2.75) is 25.9 Å². The first-order valence-corrected chi connectivity index (χ1v) is 10.7. The molecule has 1 saturated heterocycles. The van der Waals surface area contributed by atoms with Crippen LogP contribution in [-0.2, 0) is 0 Å². The Balaban J connectivity index is 1.27. The summed E-state index contributed by atoms with van der Waals surface area (Å²) in [4.78, 5) is 12.3. The van der Waals surface area contributed by atoms with Gasteiger partial charge in [-0.15, -0.1) is 0 Å². The smallest absolute Gasteiger partial charge is 0.229 e. The zero-order valence-corrected chi connectivity index (χ0v) is 17.5. The normalized spacial score (nSPS) is 14.5. The Labute approximate surface area is 181 Å². The SMILES string of the molecule is Cc1cnc(Nc2ccc(OC3CCNCC3)cc2)nc1Nc1ccc2[nH]ccc2c1. The largest absolute Gasteiger partial charge is 0.490 e. The fraction of sp³-hybridized carbons (Fsp3) is 0.250. The molecule has 1 aliphatic rings. The van der Waals surface area contributed by atoms with Crippen molar-refractivity contribution in [3.8, 4) is 5.75 Å². The van der Waals surface area contributed by atoms with Crippen molar-refractivity contribution in [1.29, 1.82) is 0 Å². The van der Waals surface area contributed by atoms with Gasteiger partial charge in [0.2, 0.25) is 5.95 Å². The minimum Gasteiger partial charge on any atom is -0.490 e. The summed E-state index contributed by atoms with van der Waals surface area (Å²) in [5.74, 6) is 2.21. The predicted molar refractivity (Wildman–Crippen MR) is 125 cm³/mol. The van der Waals surface area contributed by atoms with E-state index in [0.29, 0.717) is 12.1 Å². The molecule has 0 atom stereocenters. The monoisotopic (exact) mass is 414 g/mol. The molecule has 2 aromatic heterocycles. The molecule has 4 aromatic rings. The Hall–Kier alpha value is -3.58. The van der Waals surface area contributed by atoms with Gasteiger partial charge < -0.3 is 25.7 Å². The number of hydrogen-bond donors (Lipinski definition) is 4. The van der Waals surface area contributed by atoms with Gasteiger partial charge in [0.1, 0.15) is 17.7 Å². The standard InChI is InChI=1S/C24H26N6O/c1-16-15-27-24(30-23(16)28-19-4-7-22-17(14-19)8-13-26-22)29-18-2-5-20(6-3-18)31-21-9-11-25-12-10-21/h2-8,13-15,21,25-26H,9-12H2,1H3,(H2,27,28,29,30). The number of aromatic nitrogens is 3. The van der Waals surface area contributed by atoms with E-state index in [0.717, 1.165) is 65.3 Å². The number of nitrogens with one attached hydrogen (secondary N) is 4. The maximum atomic E-state index is 6.08. The van der Waals surface area contributed by atoms with Gasteiger partial charge in [0.05, 0.1) is 0 Å². The summed E-state index contributed by atoms with van der Waals surface area (Å²) in [6.07, 6.45) is 6.14. The van der Waals surface area contributed by atoms with Crippen LogP contribution in [0.25, 0.3) is 10.9 Å². The lowest BCUT2D eigenvalue weighted by Crippen LogP contribution is -2.34. The van der Waals surface area contributed by atoms with E-state index in [1.165, 1.54) is 0 Å². The van der Waals surface area contributed by atoms with Crippen molar-refractivity contribution in [1.82, 2.24) is 20.3 Å². The van der Waals surface area contributed by atoms with Crippen molar-refractivity contribution in [2.24, 2.45) is 0 Å². The number of H-pyrrole nitrogens is 1. The van der Waals surface area contributed by atoms with Gasteiger partial charge in [-0.1, -0.05) is 0 Å². The third kappa shape index (κ3) is 4.62. The van der Waals surface area contributed by atoms with Gasteiger partial charge in [0.15, 0.2) is 0 Å². The molecular formula is C24H26N6O. The summed E-state index contributed by atoms with van der Waals surface area (Å²) < 4.78 is 6.08. The second-order valence-electron chi connectivity index (χ2n) is 7.85. The maximum absolute atomic E-state index is 6.08.